The normalized spacial score (nSPS) is 11.3. The van der Waals surface area contributed by atoms with Crippen molar-refractivity contribution in [3.05, 3.63) is 34.8 Å². The van der Waals surface area contributed by atoms with E-state index >= 15 is 0 Å². The van der Waals surface area contributed by atoms with Gasteiger partial charge >= 0.3 is 5.76 Å². The predicted octanol–water partition coefficient (Wildman–Crippen LogP) is 2.12. The molecular formula is C17H24N2O4. The van der Waals surface area contributed by atoms with Gasteiger partial charge in [0.1, 0.15) is 0 Å². The molecule has 0 saturated carbocycles. The van der Waals surface area contributed by atoms with Crippen LogP contribution in [0.3, 0.4) is 0 Å². The first kappa shape index (κ1) is 17.3. The molecule has 1 heterocycles. The maximum Gasteiger partial charge on any atom is 0.419 e. The molecular weight excluding hydrogens is 296 g/mol. The highest BCUT2D eigenvalue weighted by molar-refractivity contribution is 5.77. The lowest BCUT2D eigenvalue weighted by molar-refractivity contribution is -0.132. The molecule has 0 aliphatic carbocycles. The van der Waals surface area contributed by atoms with Gasteiger partial charge in [-0.15, -0.1) is 0 Å². The number of methoxy groups -OCH3 is 1. The minimum Gasteiger partial charge on any atom is -0.408 e. The first-order chi connectivity index (χ1) is 11.0. The Labute approximate surface area is 135 Å². The maximum absolute atomic E-state index is 12.5. The van der Waals surface area contributed by atoms with E-state index in [1.54, 1.807) is 18.1 Å². The van der Waals surface area contributed by atoms with E-state index in [1.807, 2.05) is 18.2 Å². The van der Waals surface area contributed by atoms with Crippen LogP contribution in [0.15, 0.2) is 33.5 Å². The number of carbonyl (C=O) groups excluding carboxylic acids is 1. The summed E-state index contributed by atoms with van der Waals surface area (Å²) in [4.78, 5) is 26.2. The SMILES string of the molecule is COCCN(CC(C)C)C(=O)CCn1c(=O)oc2ccccc21. The molecule has 0 radical (unpaired) electrons. The molecule has 0 N–H and O–H groups in total. The Bertz CT molecular complexity index is 702. The van der Waals surface area contributed by atoms with Crippen molar-refractivity contribution in [2.75, 3.05) is 26.8 Å². The Hall–Kier alpha value is -2.08. The summed E-state index contributed by atoms with van der Waals surface area (Å²) in [7, 11) is 1.62. The predicted molar refractivity (Wildman–Crippen MR) is 88.4 cm³/mol. The molecule has 0 bridgehead atoms. The number of fused-ring (bicyclic) bond motifs is 1. The van der Waals surface area contributed by atoms with Crippen LogP contribution in [0.4, 0.5) is 0 Å². The topological polar surface area (TPSA) is 64.7 Å². The monoisotopic (exact) mass is 320 g/mol. The highest BCUT2D eigenvalue weighted by Crippen LogP contribution is 2.12. The summed E-state index contributed by atoms with van der Waals surface area (Å²) >= 11 is 0. The molecule has 126 valence electrons. The second-order valence-corrected chi connectivity index (χ2v) is 5.96. The smallest absolute Gasteiger partial charge is 0.408 e. The van der Waals surface area contributed by atoms with Gasteiger partial charge in [0.25, 0.3) is 0 Å². The van der Waals surface area contributed by atoms with E-state index in [4.69, 9.17) is 9.15 Å². The zero-order valence-electron chi connectivity index (χ0n) is 13.9. The van der Waals surface area contributed by atoms with Crippen LogP contribution in [0.25, 0.3) is 11.1 Å². The third kappa shape index (κ3) is 4.45. The molecule has 6 heteroatoms. The van der Waals surface area contributed by atoms with Crippen LogP contribution in [-0.2, 0) is 16.1 Å². The summed E-state index contributed by atoms with van der Waals surface area (Å²) < 4.78 is 11.8. The molecule has 1 aromatic carbocycles. The molecule has 6 nitrogen and oxygen atoms in total. The van der Waals surface area contributed by atoms with E-state index in [0.717, 1.165) is 5.52 Å². The standard InChI is InChI=1S/C17H24N2O4/c1-13(2)12-18(10-11-22-3)16(20)8-9-19-14-6-4-5-7-15(14)23-17(19)21/h4-7,13H,8-12H2,1-3H3. The van der Waals surface area contributed by atoms with Gasteiger partial charge in [-0.05, 0) is 18.1 Å². The second-order valence-electron chi connectivity index (χ2n) is 5.96. The van der Waals surface area contributed by atoms with Gasteiger partial charge < -0.3 is 14.1 Å². The van der Waals surface area contributed by atoms with Crippen LogP contribution < -0.4 is 5.76 Å². The van der Waals surface area contributed by atoms with E-state index in [2.05, 4.69) is 13.8 Å². The fourth-order valence-electron chi connectivity index (χ4n) is 2.55. The number of aromatic nitrogens is 1. The zero-order chi connectivity index (χ0) is 16.8. The number of hydrogen-bond donors (Lipinski definition) is 0. The van der Waals surface area contributed by atoms with Gasteiger partial charge in [-0.2, -0.15) is 0 Å². The van der Waals surface area contributed by atoms with Crippen molar-refractivity contribution in [1.29, 1.82) is 0 Å². The van der Waals surface area contributed by atoms with E-state index in [9.17, 15) is 9.59 Å². The number of carbonyl (C=O) groups is 1. The van der Waals surface area contributed by atoms with E-state index < -0.39 is 5.76 Å². The van der Waals surface area contributed by atoms with Gasteiger partial charge in [0.2, 0.25) is 5.91 Å². The lowest BCUT2D eigenvalue weighted by Crippen LogP contribution is -2.37. The number of hydrogen-bond acceptors (Lipinski definition) is 4. The van der Waals surface area contributed by atoms with Crippen LogP contribution in [0.1, 0.15) is 20.3 Å². The Balaban J connectivity index is 2.06. The highest BCUT2D eigenvalue weighted by atomic mass is 16.5. The van der Waals surface area contributed by atoms with E-state index in [1.165, 1.54) is 4.57 Å². The van der Waals surface area contributed by atoms with Gasteiger partial charge in [-0.25, -0.2) is 4.79 Å². The Morgan fingerprint density at radius 3 is 2.78 bits per heavy atom. The molecule has 23 heavy (non-hydrogen) atoms. The molecule has 0 atom stereocenters. The molecule has 0 fully saturated rings. The molecule has 0 aliphatic rings. The number of benzene rings is 1. The van der Waals surface area contributed by atoms with Crippen molar-refractivity contribution >= 4 is 17.0 Å². The quantitative estimate of drug-likeness (QED) is 0.747. The summed E-state index contributed by atoms with van der Waals surface area (Å²) in [6, 6.07) is 7.23. The number of aryl methyl sites for hydroxylation is 1. The molecule has 2 rings (SSSR count). The van der Waals surface area contributed by atoms with E-state index in [-0.39, 0.29) is 12.3 Å². The Morgan fingerprint density at radius 2 is 2.09 bits per heavy atom. The summed E-state index contributed by atoms with van der Waals surface area (Å²) in [5, 5.41) is 0. The maximum atomic E-state index is 12.5. The molecule has 1 aromatic heterocycles. The van der Waals surface area contributed by atoms with Crippen molar-refractivity contribution in [3.8, 4) is 0 Å². The van der Waals surface area contributed by atoms with Crippen LogP contribution in [-0.4, -0.2) is 42.2 Å². The molecule has 0 aliphatic heterocycles. The van der Waals surface area contributed by atoms with Crippen molar-refractivity contribution in [2.24, 2.45) is 5.92 Å². The van der Waals surface area contributed by atoms with Crippen LogP contribution in [0.5, 0.6) is 0 Å². The third-order valence-electron chi connectivity index (χ3n) is 3.63. The van der Waals surface area contributed by atoms with Crippen molar-refractivity contribution in [1.82, 2.24) is 9.47 Å². The number of ether oxygens (including phenoxy) is 1. The largest absolute Gasteiger partial charge is 0.419 e. The number of para-hydroxylation sites is 2. The van der Waals surface area contributed by atoms with Gasteiger partial charge in [0, 0.05) is 33.2 Å². The van der Waals surface area contributed by atoms with Gasteiger partial charge in [0.05, 0.1) is 12.1 Å². The fraction of sp³-hybridized carbons (Fsp3) is 0.529. The average molecular weight is 320 g/mol. The summed E-state index contributed by atoms with van der Waals surface area (Å²) in [6.45, 7) is 6.21. The molecule has 0 unspecified atom stereocenters. The lowest BCUT2D eigenvalue weighted by atomic mass is 10.2. The first-order valence-electron chi connectivity index (χ1n) is 7.88. The first-order valence-corrected chi connectivity index (χ1v) is 7.88. The Morgan fingerprint density at radius 1 is 1.35 bits per heavy atom. The number of nitrogens with zero attached hydrogens (tertiary/aromatic N) is 2. The zero-order valence-corrected chi connectivity index (χ0v) is 13.9. The molecule has 0 spiro atoms. The van der Waals surface area contributed by atoms with Gasteiger partial charge in [0.15, 0.2) is 5.58 Å². The fourth-order valence-corrected chi connectivity index (χ4v) is 2.55. The van der Waals surface area contributed by atoms with Crippen LogP contribution in [0, 0.1) is 5.92 Å². The summed E-state index contributed by atoms with van der Waals surface area (Å²) in [6.07, 6.45) is 0.264. The molecule has 2 aromatic rings. The Kier molecular flexibility index (Phi) is 5.98. The number of rotatable bonds is 8. The van der Waals surface area contributed by atoms with Crippen molar-refractivity contribution < 1.29 is 13.9 Å². The van der Waals surface area contributed by atoms with Crippen LogP contribution >= 0.6 is 0 Å². The number of oxazole rings is 1. The average Bonchev–Trinajstić information content (AvgIpc) is 2.84. The minimum atomic E-state index is -0.425. The lowest BCUT2D eigenvalue weighted by Gasteiger charge is -2.24. The third-order valence-corrected chi connectivity index (χ3v) is 3.63. The minimum absolute atomic E-state index is 0.0212. The van der Waals surface area contributed by atoms with Crippen molar-refractivity contribution in [3.63, 3.8) is 0 Å². The highest BCUT2D eigenvalue weighted by Gasteiger charge is 2.16. The molecule has 1 amide bonds. The van der Waals surface area contributed by atoms with Crippen molar-refractivity contribution in [2.45, 2.75) is 26.8 Å². The summed E-state index contributed by atoms with van der Waals surface area (Å²) in [5.74, 6) is -0.0208. The van der Waals surface area contributed by atoms with E-state index in [0.29, 0.717) is 37.7 Å². The molecule has 0 saturated heterocycles. The second kappa shape index (κ2) is 7.97. The van der Waals surface area contributed by atoms with Gasteiger partial charge in [-0.3, -0.25) is 9.36 Å². The summed E-state index contributed by atoms with van der Waals surface area (Å²) in [5.41, 5.74) is 1.26. The number of amides is 1. The van der Waals surface area contributed by atoms with Crippen LogP contribution in [0.2, 0.25) is 0 Å². The van der Waals surface area contributed by atoms with Gasteiger partial charge in [-0.1, -0.05) is 26.0 Å².